The fraction of sp³-hybridized carbons (Fsp3) is 0.310. The van der Waals surface area contributed by atoms with E-state index in [1.54, 1.807) is 18.2 Å². The van der Waals surface area contributed by atoms with E-state index in [1.165, 1.54) is 11.0 Å². The Morgan fingerprint density at radius 1 is 0.941 bits per heavy atom. The van der Waals surface area contributed by atoms with Crippen molar-refractivity contribution in [3.05, 3.63) is 107 Å². The summed E-state index contributed by atoms with van der Waals surface area (Å²) < 4.78 is 14.6. The second kappa shape index (κ2) is 12.1. The van der Waals surface area contributed by atoms with Crippen molar-refractivity contribution in [2.45, 2.75) is 58.7 Å². The molecule has 0 aliphatic rings. The zero-order chi connectivity index (χ0) is 24.5. The van der Waals surface area contributed by atoms with Crippen LogP contribution in [-0.4, -0.2) is 28.8 Å². The molecule has 0 radical (unpaired) electrons. The molecular formula is C29H33FN2O2. The standard InChI is InChI=1S/C29H33FN2O2/c1-4-22(3)31-29(34)27(18-23-12-6-5-7-13-23)32(20-25-15-8-9-16-26(25)30)28(33)19-24-14-10-11-21(2)17-24/h5-17,22,27H,4,18-20H2,1-3H3,(H,31,34). The summed E-state index contributed by atoms with van der Waals surface area (Å²) in [5, 5.41) is 3.03. The van der Waals surface area contributed by atoms with Gasteiger partial charge in [0.25, 0.3) is 0 Å². The van der Waals surface area contributed by atoms with E-state index in [0.29, 0.717) is 12.0 Å². The quantitative estimate of drug-likeness (QED) is 0.450. The van der Waals surface area contributed by atoms with Crippen LogP contribution in [0.25, 0.3) is 0 Å². The first-order valence-electron chi connectivity index (χ1n) is 11.8. The molecule has 2 atom stereocenters. The lowest BCUT2D eigenvalue weighted by molar-refractivity contribution is -0.141. The van der Waals surface area contributed by atoms with Crippen molar-refractivity contribution in [1.82, 2.24) is 10.2 Å². The van der Waals surface area contributed by atoms with Crippen LogP contribution in [-0.2, 0) is 29.0 Å². The highest BCUT2D eigenvalue weighted by molar-refractivity contribution is 5.89. The van der Waals surface area contributed by atoms with Gasteiger partial charge in [0.15, 0.2) is 0 Å². The zero-order valence-electron chi connectivity index (χ0n) is 20.1. The first kappa shape index (κ1) is 25.2. The number of rotatable bonds is 10. The van der Waals surface area contributed by atoms with Crippen LogP contribution >= 0.6 is 0 Å². The van der Waals surface area contributed by atoms with Gasteiger partial charge in [0.05, 0.1) is 6.42 Å². The van der Waals surface area contributed by atoms with Gasteiger partial charge in [-0.15, -0.1) is 0 Å². The van der Waals surface area contributed by atoms with Crippen LogP contribution in [0.1, 0.15) is 42.5 Å². The molecule has 0 aliphatic heterocycles. The Morgan fingerprint density at radius 3 is 2.29 bits per heavy atom. The Hall–Kier alpha value is -3.47. The molecule has 1 N–H and O–H groups in total. The molecule has 5 heteroatoms. The highest BCUT2D eigenvalue weighted by atomic mass is 19.1. The fourth-order valence-electron chi connectivity index (χ4n) is 3.90. The van der Waals surface area contributed by atoms with Crippen molar-refractivity contribution in [3.63, 3.8) is 0 Å². The molecule has 3 aromatic rings. The number of carbonyl (C=O) groups excluding carboxylic acids is 2. The van der Waals surface area contributed by atoms with E-state index in [9.17, 15) is 14.0 Å². The van der Waals surface area contributed by atoms with Crippen LogP contribution < -0.4 is 5.32 Å². The van der Waals surface area contributed by atoms with Crippen molar-refractivity contribution in [2.75, 3.05) is 0 Å². The monoisotopic (exact) mass is 460 g/mol. The van der Waals surface area contributed by atoms with E-state index in [1.807, 2.05) is 75.4 Å². The number of nitrogens with one attached hydrogen (secondary N) is 1. The van der Waals surface area contributed by atoms with E-state index in [4.69, 9.17) is 0 Å². The molecule has 0 spiro atoms. The summed E-state index contributed by atoms with van der Waals surface area (Å²) in [5.41, 5.74) is 3.24. The van der Waals surface area contributed by atoms with E-state index < -0.39 is 11.9 Å². The number of hydrogen-bond acceptors (Lipinski definition) is 2. The molecule has 0 aliphatic carbocycles. The highest BCUT2D eigenvalue weighted by Crippen LogP contribution is 2.19. The molecule has 0 bridgehead atoms. The van der Waals surface area contributed by atoms with Gasteiger partial charge in [-0.2, -0.15) is 0 Å². The molecule has 0 saturated carbocycles. The smallest absolute Gasteiger partial charge is 0.243 e. The lowest BCUT2D eigenvalue weighted by atomic mass is 10.0. The Bertz CT molecular complexity index is 1100. The minimum absolute atomic E-state index is 0.0166. The molecular weight excluding hydrogens is 427 g/mol. The van der Waals surface area contributed by atoms with Gasteiger partial charge in [0, 0.05) is 24.6 Å². The Labute approximate surface area is 201 Å². The third-order valence-electron chi connectivity index (χ3n) is 6.01. The number of aryl methyl sites for hydroxylation is 1. The van der Waals surface area contributed by atoms with Gasteiger partial charge in [0.2, 0.25) is 11.8 Å². The number of carbonyl (C=O) groups is 2. The molecule has 0 aromatic heterocycles. The predicted octanol–water partition coefficient (Wildman–Crippen LogP) is 5.23. The van der Waals surface area contributed by atoms with Crippen molar-refractivity contribution >= 4 is 11.8 Å². The lowest BCUT2D eigenvalue weighted by Gasteiger charge is -2.32. The number of hydrogen-bond donors (Lipinski definition) is 1. The van der Waals surface area contributed by atoms with Crippen LogP contribution in [0.4, 0.5) is 4.39 Å². The fourth-order valence-corrected chi connectivity index (χ4v) is 3.90. The second-order valence-electron chi connectivity index (χ2n) is 8.80. The number of nitrogens with zero attached hydrogens (tertiary/aromatic N) is 1. The molecule has 0 saturated heterocycles. The van der Waals surface area contributed by atoms with Crippen molar-refractivity contribution in [3.8, 4) is 0 Å². The first-order valence-corrected chi connectivity index (χ1v) is 11.8. The summed E-state index contributed by atoms with van der Waals surface area (Å²) in [5.74, 6) is -0.835. The molecule has 0 heterocycles. The molecule has 2 unspecified atom stereocenters. The topological polar surface area (TPSA) is 49.4 Å². The first-order chi connectivity index (χ1) is 16.4. The van der Waals surface area contributed by atoms with Gasteiger partial charge >= 0.3 is 0 Å². The van der Waals surface area contributed by atoms with Crippen LogP contribution in [0.15, 0.2) is 78.9 Å². The average molecular weight is 461 g/mol. The van der Waals surface area contributed by atoms with Gasteiger partial charge in [-0.3, -0.25) is 9.59 Å². The maximum atomic E-state index is 14.6. The summed E-state index contributed by atoms with van der Waals surface area (Å²) in [6.45, 7) is 5.93. The van der Waals surface area contributed by atoms with Gasteiger partial charge < -0.3 is 10.2 Å². The third kappa shape index (κ3) is 7.01. The van der Waals surface area contributed by atoms with Crippen molar-refractivity contribution in [1.29, 1.82) is 0 Å². The number of benzene rings is 3. The van der Waals surface area contributed by atoms with Gasteiger partial charge in [-0.25, -0.2) is 4.39 Å². The molecule has 3 aromatic carbocycles. The SMILES string of the molecule is CCC(C)NC(=O)C(Cc1ccccc1)N(Cc1ccccc1F)C(=O)Cc1cccc(C)c1. The van der Waals surface area contributed by atoms with Crippen LogP contribution in [0, 0.1) is 12.7 Å². The molecule has 4 nitrogen and oxygen atoms in total. The Kier molecular flexibility index (Phi) is 8.97. The molecule has 178 valence electrons. The minimum Gasteiger partial charge on any atom is -0.352 e. The summed E-state index contributed by atoms with van der Waals surface area (Å²) in [6, 6.07) is 23.0. The summed E-state index contributed by atoms with van der Waals surface area (Å²) >= 11 is 0. The van der Waals surface area contributed by atoms with Crippen LogP contribution in [0.3, 0.4) is 0 Å². The lowest BCUT2D eigenvalue weighted by Crippen LogP contribution is -2.52. The Morgan fingerprint density at radius 2 is 1.62 bits per heavy atom. The summed E-state index contributed by atoms with van der Waals surface area (Å²) in [4.78, 5) is 28.6. The number of halogens is 1. The second-order valence-corrected chi connectivity index (χ2v) is 8.80. The largest absolute Gasteiger partial charge is 0.352 e. The van der Waals surface area contributed by atoms with E-state index in [0.717, 1.165) is 23.1 Å². The maximum Gasteiger partial charge on any atom is 0.243 e. The molecule has 34 heavy (non-hydrogen) atoms. The number of amides is 2. The van der Waals surface area contributed by atoms with Crippen LogP contribution in [0.2, 0.25) is 0 Å². The van der Waals surface area contributed by atoms with Crippen LogP contribution in [0.5, 0.6) is 0 Å². The summed E-state index contributed by atoms with van der Waals surface area (Å²) in [7, 11) is 0. The predicted molar refractivity (Wildman–Crippen MR) is 134 cm³/mol. The van der Waals surface area contributed by atoms with Crippen molar-refractivity contribution in [2.24, 2.45) is 0 Å². The normalized spacial score (nSPS) is 12.6. The third-order valence-corrected chi connectivity index (χ3v) is 6.01. The van der Waals surface area contributed by atoms with Gasteiger partial charge in [-0.05, 0) is 37.5 Å². The minimum atomic E-state index is -0.770. The molecule has 2 amide bonds. The molecule has 3 rings (SSSR count). The van der Waals surface area contributed by atoms with E-state index in [-0.39, 0.29) is 30.8 Å². The van der Waals surface area contributed by atoms with E-state index in [2.05, 4.69) is 5.32 Å². The van der Waals surface area contributed by atoms with Gasteiger partial charge in [0.1, 0.15) is 11.9 Å². The maximum absolute atomic E-state index is 14.6. The van der Waals surface area contributed by atoms with E-state index >= 15 is 0 Å². The van der Waals surface area contributed by atoms with Gasteiger partial charge in [-0.1, -0.05) is 85.3 Å². The summed E-state index contributed by atoms with van der Waals surface area (Å²) in [6.07, 6.45) is 1.25. The average Bonchev–Trinajstić information content (AvgIpc) is 2.82. The van der Waals surface area contributed by atoms with Crippen molar-refractivity contribution < 1.29 is 14.0 Å². The zero-order valence-corrected chi connectivity index (χ0v) is 20.1. The molecule has 0 fully saturated rings. The highest BCUT2D eigenvalue weighted by Gasteiger charge is 2.31. The Balaban J connectivity index is 1.98.